The van der Waals surface area contributed by atoms with Gasteiger partial charge in [0.05, 0.1) is 5.41 Å². The van der Waals surface area contributed by atoms with Crippen LogP contribution in [0.4, 0.5) is 0 Å². The van der Waals surface area contributed by atoms with E-state index in [1.165, 1.54) is 0 Å². The second-order valence-corrected chi connectivity index (χ2v) is 5.88. The number of carbonyl (C=O) groups excluding carboxylic acids is 2. The number of rotatable bonds is 2. The van der Waals surface area contributed by atoms with E-state index in [1.807, 2.05) is 24.3 Å². The summed E-state index contributed by atoms with van der Waals surface area (Å²) in [6.45, 7) is 0. The summed E-state index contributed by atoms with van der Waals surface area (Å²) in [5.41, 5.74) is 1.74. The van der Waals surface area contributed by atoms with Crippen LogP contribution in [0.2, 0.25) is 5.02 Å². The molecule has 0 radical (unpaired) electrons. The smallest absolute Gasteiger partial charge is 0.155 e. The average Bonchev–Trinajstić information content (AvgIpc) is 2.70. The fourth-order valence-corrected chi connectivity index (χ4v) is 3.40. The van der Waals surface area contributed by atoms with Crippen molar-refractivity contribution in [1.29, 1.82) is 0 Å². The van der Waals surface area contributed by atoms with Crippen LogP contribution < -0.4 is 0 Å². The molecule has 2 aliphatic rings. The van der Waals surface area contributed by atoms with Crippen LogP contribution in [0.25, 0.3) is 0 Å². The van der Waals surface area contributed by atoms with Crippen LogP contribution in [0.1, 0.15) is 31.2 Å². The van der Waals surface area contributed by atoms with Gasteiger partial charge in [0.1, 0.15) is 5.78 Å². The number of benzene rings is 1. The van der Waals surface area contributed by atoms with Gasteiger partial charge in [-0.3, -0.25) is 9.59 Å². The van der Waals surface area contributed by atoms with E-state index in [4.69, 9.17) is 11.6 Å². The molecule has 0 bridgehead atoms. The highest BCUT2D eigenvalue weighted by molar-refractivity contribution is 6.30. The molecule has 98 valence electrons. The van der Waals surface area contributed by atoms with Gasteiger partial charge in [-0.1, -0.05) is 29.3 Å². The number of carbonyl (C=O) groups is 2. The lowest BCUT2D eigenvalue weighted by Crippen LogP contribution is -2.33. The molecule has 1 atom stereocenters. The first-order valence-electron chi connectivity index (χ1n) is 6.62. The minimum absolute atomic E-state index is 0.163. The van der Waals surface area contributed by atoms with Crippen molar-refractivity contribution in [1.82, 2.24) is 0 Å². The van der Waals surface area contributed by atoms with Crippen molar-refractivity contribution in [3.63, 3.8) is 0 Å². The van der Waals surface area contributed by atoms with Gasteiger partial charge >= 0.3 is 0 Å². The number of hydrogen-bond acceptors (Lipinski definition) is 2. The van der Waals surface area contributed by atoms with Gasteiger partial charge in [0.25, 0.3) is 0 Å². The van der Waals surface area contributed by atoms with Crippen molar-refractivity contribution in [2.75, 3.05) is 0 Å². The van der Waals surface area contributed by atoms with Crippen LogP contribution in [0.15, 0.2) is 35.9 Å². The molecule has 0 saturated heterocycles. The number of Topliss-reactive ketones (excluding diaryl/α,β-unsaturated/α-hetero) is 1. The predicted octanol–water partition coefficient (Wildman–Crippen LogP) is 3.52. The lowest BCUT2D eigenvalue weighted by Gasteiger charge is -2.32. The molecule has 3 rings (SSSR count). The van der Waals surface area contributed by atoms with Crippen molar-refractivity contribution in [2.24, 2.45) is 5.41 Å². The zero-order valence-electron chi connectivity index (χ0n) is 10.6. The minimum Gasteiger partial charge on any atom is -0.299 e. The van der Waals surface area contributed by atoms with Crippen LogP contribution in [0, 0.1) is 5.41 Å². The largest absolute Gasteiger partial charge is 0.299 e. The lowest BCUT2D eigenvalue weighted by molar-refractivity contribution is -0.125. The molecule has 2 nitrogen and oxygen atoms in total. The van der Waals surface area contributed by atoms with E-state index >= 15 is 0 Å². The maximum Gasteiger partial charge on any atom is 0.155 e. The normalized spacial score (nSPS) is 26.3. The quantitative estimate of drug-likeness (QED) is 0.827. The Balaban J connectivity index is 1.96. The van der Waals surface area contributed by atoms with E-state index in [9.17, 15) is 9.59 Å². The molecular formula is C16H15ClO2. The molecule has 0 unspecified atom stereocenters. The zero-order chi connectivity index (χ0) is 13.5. The Hall–Kier alpha value is -1.41. The van der Waals surface area contributed by atoms with E-state index in [0.717, 1.165) is 17.6 Å². The van der Waals surface area contributed by atoms with Crippen LogP contribution in [0.3, 0.4) is 0 Å². The second kappa shape index (κ2) is 4.61. The Bertz CT molecular complexity index is 571. The van der Waals surface area contributed by atoms with Crippen LogP contribution in [0.5, 0.6) is 0 Å². The monoisotopic (exact) mass is 274 g/mol. The van der Waals surface area contributed by atoms with Crippen molar-refractivity contribution in [3.05, 3.63) is 46.5 Å². The molecular weight excluding hydrogens is 260 g/mol. The standard InChI is InChI=1S/C16H15ClO2/c17-13-4-1-11(2-5-13)10-16-8-7-14(18)9-12(16)3-6-15(16)19/h1-2,4-5,9H,3,6-8,10H2/t16-/m1/s1. The fraction of sp³-hybridized carbons (Fsp3) is 0.375. The summed E-state index contributed by atoms with van der Waals surface area (Å²) < 4.78 is 0. The highest BCUT2D eigenvalue weighted by Gasteiger charge is 2.47. The van der Waals surface area contributed by atoms with Crippen molar-refractivity contribution in [3.8, 4) is 0 Å². The van der Waals surface area contributed by atoms with Gasteiger partial charge in [0, 0.05) is 17.9 Å². The molecule has 3 heteroatoms. The Morgan fingerprint density at radius 1 is 1.05 bits per heavy atom. The highest BCUT2D eigenvalue weighted by Crippen LogP contribution is 2.48. The summed E-state index contributed by atoms with van der Waals surface area (Å²) in [5.74, 6) is 0.456. The van der Waals surface area contributed by atoms with Gasteiger partial charge in [-0.25, -0.2) is 0 Å². The topological polar surface area (TPSA) is 34.1 Å². The van der Waals surface area contributed by atoms with Crippen molar-refractivity contribution < 1.29 is 9.59 Å². The SMILES string of the molecule is O=C1C=C2CCC(=O)[C@@]2(Cc2ccc(Cl)cc2)CC1. The summed E-state index contributed by atoms with van der Waals surface area (Å²) in [7, 11) is 0. The summed E-state index contributed by atoms with van der Waals surface area (Å²) in [6.07, 6.45) is 4.89. The summed E-state index contributed by atoms with van der Waals surface area (Å²) in [5, 5.41) is 0.702. The maximum absolute atomic E-state index is 12.3. The van der Waals surface area contributed by atoms with E-state index in [-0.39, 0.29) is 5.78 Å². The average molecular weight is 275 g/mol. The molecule has 0 heterocycles. The second-order valence-electron chi connectivity index (χ2n) is 5.44. The number of allylic oxidation sites excluding steroid dienone is 2. The van der Waals surface area contributed by atoms with Gasteiger partial charge in [-0.05, 0) is 43.0 Å². The van der Waals surface area contributed by atoms with Gasteiger partial charge in [-0.2, -0.15) is 0 Å². The number of halogens is 1. The fourth-order valence-electron chi connectivity index (χ4n) is 3.27. The van der Waals surface area contributed by atoms with Crippen molar-refractivity contribution >= 4 is 23.2 Å². The van der Waals surface area contributed by atoms with Crippen LogP contribution >= 0.6 is 11.6 Å². The molecule has 0 amide bonds. The van der Waals surface area contributed by atoms with Crippen molar-refractivity contribution in [2.45, 2.75) is 32.1 Å². The van der Waals surface area contributed by atoms with Gasteiger partial charge in [-0.15, -0.1) is 0 Å². The Morgan fingerprint density at radius 3 is 2.53 bits per heavy atom. The Kier molecular flexibility index (Phi) is 3.06. The molecule has 0 aliphatic heterocycles. The maximum atomic E-state index is 12.3. The molecule has 1 saturated carbocycles. The summed E-state index contributed by atoms with van der Waals surface area (Å²) in [6, 6.07) is 7.64. The predicted molar refractivity (Wildman–Crippen MR) is 74.2 cm³/mol. The first-order valence-corrected chi connectivity index (χ1v) is 7.00. The van der Waals surface area contributed by atoms with Gasteiger partial charge in [0.15, 0.2) is 5.78 Å². The third-order valence-electron chi connectivity index (χ3n) is 4.32. The molecule has 0 aromatic heterocycles. The molecule has 1 aromatic carbocycles. The number of ketones is 2. The highest BCUT2D eigenvalue weighted by atomic mass is 35.5. The van der Waals surface area contributed by atoms with E-state index in [0.29, 0.717) is 36.5 Å². The van der Waals surface area contributed by atoms with E-state index in [1.54, 1.807) is 6.08 Å². The molecule has 0 spiro atoms. The number of hydrogen-bond donors (Lipinski definition) is 0. The molecule has 1 aromatic rings. The first kappa shape index (κ1) is 12.6. The Morgan fingerprint density at radius 2 is 1.79 bits per heavy atom. The molecule has 2 aliphatic carbocycles. The van der Waals surface area contributed by atoms with Gasteiger partial charge in [0.2, 0.25) is 0 Å². The van der Waals surface area contributed by atoms with Crippen LogP contribution in [-0.2, 0) is 16.0 Å². The minimum atomic E-state index is -0.415. The molecule has 19 heavy (non-hydrogen) atoms. The zero-order valence-corrected chi connectivity index (χ0v) is 11.4. The lowest BCUT2D eigenvalue weighted by atomic mass is 9.69. The van der Waals surface area contributed by atoms with Gasteiger partial charge < -0.3 is 0 Å². The summed E-state index contributed by atoms with van der Waals surface area (Å²) in [4.78, 5) is 23.9. The molecule has 1 fully saturated rings. The third kappa shape index (κ3) is 2.14. The summed E-state index contributed by atoms with van der Waals surface area (Å²) >= 11 is 5.89. The van der Waals surface area contributed by atoms with Crippen LogP contribution in [-0.4, -0.2) is 11.6 Å². The number of fused-ring (bicyclic) bond motifs is 1. The molecule has 0 N–H and O–H groups in total. The third-order valence-corrected chi connectivity index (χ3v) is 4.57. The Labute approximate surface area is 117 Å². The van der Waals surface area contributed by atoms with E-state index < -0.39 is 5.41 Å². The van der Waals surface area contributed by atoms with E-state index in [2.05, 4.69) is 0 Å². The first-order chi connectivity index (χ1) is 9.10.